The van der Waals surface area contributed by atoms with Crippen LogP contribution in [0.1, 0.15) is 55.7 Å². The van der Waals surface area contributed by atoms with Gasteiger partial charge in [-0.1, -0.05) is 37.1 Å². The number of alkyl halides is 6. The number of carbonyl (C=O) groups is 1. The Bertz CT molecular complexity index is 1830. The number of nitrogens with one attached hydrogen (secondary N) is 1. The Balaban J connectivity index is 1.38. The van der Waals surface area contributed by atoms with Gasteiger partial charge in [-0.2, -0.15) is 36.7 Å². The number of nitriles is 1. The molecule has 3 fully saturated rings. The maximum atomic E-state index is 13.5. The number of aliphatic hydroxyl groups is 1. The monoisotopic (exact) mass is 709 g/mol. The lowest BCUT2D eigenvalue weighted by molar-refractivity contribution is -0.376. The summed E-state index contributed by atoms with van der Waals surface area (Å²) in [7, 11) is -3.09. The zero-order chi connectivity index (χ0) is 35.4. The highest BCUT2D eigenvalue weighted by Crippen LogP contribution is 2.50. The highest BCUT2D eigenvalue weighted by atomic mass is 32.2. The Morgan fingerprint density at radius 1 is 0.918 bits per heavy atom. The van der Waals surface area contributed by atoms with Crippen LogP contribution in [0.4, 0.5) is 32.0 Å². The molecule has 0 spiro atoms. The average Bonchev–Trinajstić information content (AvgIpc) is 3.69. The Labute approximate surface area is 278 Å². The normalized spacial score (nSPS) is 22.3. The Kier molecular flexibility index (Phi) is 8.76. The molecule has 2 N–H and O–H groups in total. The van der Waals surface area contributed by atoms with Gasteiger partial charge in [0.25, 0.3) is 5.60 Å². The van der Waals surface area contributed by atoms with Gasteiger partial charge in [0.05, 0.1) is 29.0 Å². The van der Waals surface area contributed by atoms with Gasteiger partial charge >= 0.3 is 12.4 Å². The summed E-state index contributed by atoms with van der Waals surface area (Å²) < 4.78 is 106. The molecule has 262 valence electrons. The standard InChI is InChI=1S/C33H33F6N5O4S/c34-32(35,36)31(46,33(37,38)39)22-7-11-24(12-8-22)44-19-27(21-5-9-23(10-6-21)43-15-17-49(47,48)18-16-43)28(42-44)25-3-1-2-4-26(25)29(45)41-30(20-40)13-14-30/h5-12,19,25-26,46H,1-4,13-18H2,(H,41,45). The molecule has 1 saturated heterocycles. The summed E-state index contributed by atoms with van der Waals surface area (Å²) in [5, 5.41) is 27.0. The summed E-state index contributed by atoms with van der Waals surface area (Å²) in [4.78, 5) is 15.5. The Hall–Kier alpha value is -4.10. The summed E-state index contributed by atoms with van der Waals surface area (Å²) in [6, 6.07) is 12.5. The number of rotatable bonds is 7. The molecule has 2 aliphatic carbocycles. The number of nitrogens with zero attached hydrogens (tertiary/aromatic N) is 4. The van der Waals surface area contributed by atoms with Gasteiger partial charge in [-0.05, 0) is 55.5 Å². The molecule has 9 nitrogen and oxygen atoms in total. The molecule has 2 aromatic carbocycles. The van der Waals surface area contributed by atoms with Crippen molar-refractivity contribution in [3.8, 4) is 22.9 Å². The number of anilines is 1. The summed E-state index contributed by atoms with van der Waals surface area (Å²) in [6.45, 7) is 0.670. The number of benzene rings is 2. The molecule has 2 atom stereocenters. The largest absolute Gasteiger partial charge is 0.430 e. The quantitative estimate of drug-likeness (QED) is 0.309. The minimum Gasteiger partial charge on any atom is -0.369 e. The van der Waals surface area contributed by atoms with Gasteiger partial charge in [0, 0.05) is 47.9 Å². The molecule has 1 aromatic heterocycles. The van der Waals surface area contributed by atoms with Crippen LogP contribution in [0.25, 0.3) is 16.8 Å². The lowest BCUT2D eigenvalue weighted by Crippen LogP contribution is -2.53. The van der Waals surface area contributed by atoms with Crippen LogP contribution in [-0.2, 0) is 20.2 Å². The van der Waals surface area contributed by atoms with E-state index in [1.807, 2.05) is 29.2 Å². The molecule has 2 unspecified atom stereocenters. The van der Waals surface area contributed by atoms with Crippen molar-refractivity contribution in [3.05, 3.63) is 66.0 Å². The van der Waals surface area contributed by atoms with Crippen molar-refractivity contribution >= 4 is 21.4 Å². The van der Waals surface area contributed by atoms with Gasteiger partial charge in [-0.25, -0.2) is 13.1 Å². The predicted octanol–water partition coefficient (Wildman–Crippen LogP) is 5.53. The van der Waals surface area contributed by atoms with Gasteiger partial charge in [-0.15, -0.1) is 0 Å². The van der Waals surface area contributed by atoms with Crippen molar-refractivity contribution in [3.63, 3.8) is 0 Å². The highest BCUT2D eigenvalue weighted by Gasteiger charge is 2.71. The second-order valence-electron chi connectivity index (χ2n) is 13.0. The summed E-state index contributed by atoms with van der Waals surface area (Å²) in [5.41, 5.74) is -4.69. The number of halogens is 6. The van der Waals surface area contributed by atoms with Gasteiger partial charge < -0.3 is 15.3 Å². The van der Waals surface area contributed by atoms with Gasteiger partial charge in [-0.3, -0.25) is 4.79 Å². The third-order valence-corrected chi connectivity index (χ3v) is 11.4. The average molecular weight is 710 g/mol. The number of hydrogen-bond acceptors (Lipinski definition) is 7. The summed E-state index contributed by atoms with van der Waals surface area (Å²) in [6.07, 6.45) is -6.72. The fraction of sp³-hybridized carbons (Fsp3) is 0.485. The van der Waals surface area contributed by atoms with E-state index in [0.29, 0.717) is 67.7 Å². The second kappa shape index (κ2) is 12.3. The number of carbonyl (C=O) groups excluding carboxylic acids is 1. The van der Waals surface area contributed by atoms with Gasteiger partial charge in [0.2, 0.25) is 5.91 Å². The van der Waals surface area contributed by atoms with Crippen molar-refractivity contribution in [2.45, 2.75) is 67.9 Å². The number of sulfone groups is 1. The van der Waals surface area contributed by atoms with Crippen LogP contribution in [0.15, 0.2) is 54.7 Å². The molecule has 3 aliphatic rings. The lowest BCUT2D eigenvalue weighted by atomic mass is 9.75. The van der Waals surface area contributed by atoms with Crippen LogP contribution in [0.2, 0.25) is 0 Å². The first-order chi connectivity index (χ1) is 23.0. The minimum absolute atomic E-state index is 0.0338. The first kappa shape index (κ1) is 34.8. The SMILES string of the molecule is N#CC1(NC(=O)C2CCCCC2c2nn(-c3ccc(C(O)(C(F)(F)F)C(F)(F)F)cc3)cc2-c2ccc(N3CCS(=O)(=O)CC3)cc2)CC1. The third-order valence-electron chi connectivity index (χ3n) is 9.78. The molecule has 6 rings (SSSR count). The van der Waals surface area contributed by atoms with E-state index in [1.165, 1.54) is 4.68 Å². The van der Waals surface area contributed by atoms with Crippen molar-refractivity contribution in [2.24, 2.45) is 5.92 Å². The lowest BCUT2D eigenvalue weighted by Gasteiger charge is -2.32. The molecule has 16 heteroatoms. The Morgan fingerprint density at radius 2 is 1.49 bits per heavy atom. The fourth-order valence-electron chi connectivity index (χ4n) is 6.67. The van der Waals surface area contributed by atoms with E-state index in [4.69, 9.17) is 5.10 Å². The minimum atomic E-state index is -6.03. The molecular formula is C33H33F6N5O4S. The van der Waals surface area contributed by atoms with Gasteiger partial charge in [0.1, 0.15) is 5.54 Å². The second-order valence-corrected chi connectivity index (χ2v) is 15.3. The van der Waals surface area contributed by atoms with E-state index in [0.717, 1.165) is 30.7 Å². The summed E-state index contributed by atoms with van der Waals surface area (Å²) >= 11 is 0. The molecule has 2 heterocycles. The van der Waals surface area contributed by atoms with Crippen molar-refractivity contribution in [1.82, 2.24) is 15.1 Å². The van der Waals surface area contributed by atoms with E-state index in [2.05, 4.69) is 11.4 Å². The maximum absolute atomic E-state index is 13.5. The summed E-state index contributed by atoms with van der Waals surface area (Å²) in [5.74, 6) is -1.15. The fourth-order valence-corrected chi connectivity index (χ4v) is 7.87. The first-order valence-corrected chi connectivity index (χ1v) is 17.6. The zero-order valence-electron chi connectivity index (χ0n) is 26.1. The van der Waals surface area contributed by atoms with Crippen LogP contribution in [0, 0.1) is 17.2 Å². The highest BCUT2D eigenvalue weighted by molar-refractivity contribution is 7.91. The Morgan fingerprint density at radius 3 is 2.04 bits per heavy atom. The van der Waals surface area contributed by atoms with E-state index in [9.17, 15) is 49.9 Å². The first-order valence-electron chi connectivity index (χ1n) is 15.8. The topological polar surface area (TPSA) is 128 Å². The number of aromatic nitrogens is 2. The van der Waals surface area contributed by atoms with Crippen LogP contribution < -0.4 is 10.2 Å². The smallest absolute Gasteiger partial charge is 0.369 e. The molecule has 1 amide bonds. The maximum Gasteiger partial charge on any atom is 0.430 e. The van der Waals surface area contributed by atoms with Crippen molar-refractivity contribution < 1.29 is 44.7 Å². The molecule has 3 aromatic rings. The van der Waals surface area contributed by atoms with Crippen molar-refractivity contribution in [2.75, 3.05) is 29.5 Å². The van der Waals surface area contributed by atoms with Crippen molar-refractivity contribution in [1.29, 1.82) is 5.26 Å². The molecule has 49 heavy (non-hydrogen) atoms. The van der Waals surface area contributed by atoms with E-state index in [-0.39, 0.29) is 23.1 Å². The predicted molar refractivity (Wildman–Crippen MR) is 166 cm³/mol. The van der Waals surface area contributed by atoms with Crippen LogP contribution in [0.3, 0.4) is 0 Å². The third kappa shape index (κ3) is 6.62. The zero-order valence-corrected chi connectivity index (χ0v) is 26.9. The molecule has 0 radical (unpaired) electrons. The van der Waals surface area contributed by atoms with E-state index < -0.39 is 50.7 Å². The van der Waals surface area contributed by atoms with Gasteiger partial charge in [0.15, 0.2) is 9.84 Å². The van der Waals surface area contributed by atoms with Crippen LogP contribution in [0.5, 0.6) is 0 Å². The van der Waals surface area contributed by atoms with Crippen LogP contribution >= 0.6 is 0 Å². The van der Waals surface area contributed by atoms with Crippen LogP contribution in [-0.4, -0.2) is 71.7 Å². The number of amides is 1. The molecule has 2 saturated carbocycles. The van der Waals surface area contributed by atoms with E-state index >= 15 is 0 Å². The number of hydrogen-bond donors (Lipinski definition) is 2. The molecular weight excluding hydrogens is 676 g/mol. The molecule has 1 aliphatic heterocycles. The molecule has 0 bridgehead atoms. The van der Waals surface area contributed by atoms with E-state index in [1.54, 1.807) is 6.20 Å².